The lowest BCUT2D eigenvalue weighted by molar-refractivity contribution is 0.363. The standard InChI is InChI=1S/C16H14ClN3O/c17-13-9-5-4-8-12(13)10-14-19-16(21-20-14)15(18)11-6-2-1-3-7-11/h1-9,15H,10,18H2/t15-/m1/s1. The predicted octanol–water partition coefficient (Wildman–Crippen LogP) is 3.36. The van der Waals surface area contributed by atoms with Crippen LogP contribution in [0, 0.1) is 0 Å². The molecular formula is C16H14ClN3O. The fourth-order valence-corrected chi connectivity index (χ4v) is 2.28. The Labute approximate surface area is 127 Å². The SMILES string of the molecule is N[C@H](c1ccccc1)c1nc(Cc2ccccc2Cl)no1. The van der Waals surface area contributed by atoms with E-state index in [1.54, 1.807) is 0 Å². The molecule has 0 spiro atoms. The molecule has 0 aliphatic carbocycles. The minimum Gasteiger partial charge on any atom is -0.337 e. The lowest BCUT2D eigenvalue weighted by Crippen LogP contribution is -2.12. The number of hydrogen-bond donors (Lipinski definition) is 1. The molecule has 3 rings (SSSR count). The van der Waals surface area contributed by atoms with Gasteiger partial charge < -0.3 is 10.3 Å². The average Bonchev–Trinajstić information content (AvgIpc) is 2.98. The van der Waals surface area contributed by atoms with Crippen LogP contribution in [0.3, 0.4) is 0 Å². The maximum Gasteiger partial charge on any atom is 0.248 e. The van der Waals surface area contributed by atoms with E-state index in [0.717, 1.165) is 11.1 Å². The second-order valence-electron chi connectivity index (χ2n) is 4.71. The minimum absolute atomic E-state index is 0.406. The maximum absolute atomic E-state index is 6.13. The van der Waals surface area contributed by atoms with Gasteiger partial charge in [0.25, 0.3) is 0 Å². The van der Waals surface area contributed by atoms with E-state index in [4.69, 9.17) is 21.9 Å². The topological polar surface area (TPSA) is 64.9 Å². The Bertz CT molecular complexity index is 727. The van der Waals surface area contributed by atoms with E-state index < -0.39 is 6.04 Å². The first kappa shape index (κ1) is 13.8. The third-order valence-electron chi connectivity index (χ3n) is 3.21. The predicted molar refractivity (Wildman–Crippen MR) is 81.0 cm³/mol. The average molecular weight is 300 g/mol. The van der Waals surface area contributed by atoms with Crippen LogP contribution in [0.4, 0.5) is 0 Å². The molecule has 21 heavy (non-hydrogen) atoms. The first-order valence-corrected chi connectivity index (χ1v) is 6.98. The van der Waals surface area contributed by atoms with Gasteiger partial charge in [0.15, 0.2) is 5.82 Å². The van der Waals surface area contributed by atoms with Gasteiger partial charge in [-0.15, -0.1) is 0 Å². The van der Waals surface area contributed by atoms with E-state index in [-0.39, 0.29) is 0 Å². The van der Waals surface area contributed by atoms with Gasteiger partial charge in [0.2, 0.25) is 5.89 Å². The van der Waals surface area contributed by atoms with Crippen LogP contribution < -0.4 is 5.73 Å². The van der Waals surface area contributed by atoms with Crippen molar-refractivity contribution in [1.29, 1.82) is 0 Å². The van der Waals surface area contributed by atoms with Crippen molar-refractivity contribution in [3.63, 3.8) is 0 Å². The normalized spacial score (nSPS) is 12.3. The Kier molecular flexibility index (Phi) is 3.99. The Morgan fingerprint density at radius 1 is 1.05 bits per heavy atom. The molecule has 0 bridgehead atoms. The highest BCUT2D eigenvalue weighted by atomic mass is 35.5. The molecule has 1 aromatic heterocycles. The van der Waals surface area contributed by atoms with Crippen LogP contribution in [0.25, 0.3) is 0 Å². The summed E-state index contributed by atoms with van der Waals surface area (Å²) in [5, 5.41) is 4.67. The van der Waals surface area contributed by atoms with Crippen molar-refractivity contribution in [3.8, 4) is 0 Å². The summed E-state index contributed by atoms with van der Waals surface area (Å²) < 4.78 is 5.26. The van der Waals surface area contributed by atoms with Crippen molar-refractivity contribution in [2.75, 3.05) is 0 Å². The molecule has 0 aliphatic heterocycles. The molecule has 0 fully saturated rings. The van der Waals surface area contributed by atoms with Crippen LogP contribution in [0.2, 0.25) is 5.02 Å². The van der Waals surface area contributed by atoms with Crippen molar-refractivity contribution in [2.24, 2.45) is 5.73 Å². The summed E-state index contributed by atoms with van der Waals surface area (Å²) in [5.41, 5.74) is 8.02. The Hall–Kier alpha value is -2.17. The summed E-state index contributed by atoms with van der Waals surface area (Å²) in [6.07, 6.45) is 0.519. The van der Waals surface area contributed by atoms with Gasteiger partial charge in [-0.1, -0.05) is 65.3 Å². The van der Waals surface area contributed by atoms with E-state index >= 15 is 0 Å². The molecule has 2 N–H and O–H groups in total. The molecule has 0 radical (unpaired) electrons. The van der Waals surface area contributed by atoms with Gasteiger partial charge in [0.1, 0.15) is 6.04 Å². The van der Waals surface area contributed by atoms with E-state index in [2.05, 4.69) is 10.1 Å². The Balaban J connectivity index is 1.79. The highest BCUT2D eigenvalue weighted by molar-refractivity contribution is 6.31. The van der Waals surface area contributed by atoms with Crippen molar-refractivity contribution in [2.45, 2.75) is 12.5 Å². The monoisotopic (exact) mass is 299 g/mol. The fraction of sp³-hybridized carbons (Fsp3) is 0.125. The third-order valence-corrected chi connectivity index (χ3v) is 3.58. The lowest BCUT2D eigenvalue weighted by atomic mass is 10.1. The molecule has 0 amide bonds. The summed E-state index contributed by atoms with van der Waals surface area (Å²) in [7, 11) is 0. The highest BCUT2D eigenvalue weighted by Gasteiger charge is 2.17. The largest absolute Gasteiger partial charge is 0.337 e. The van der Waals surface area contributed by atoms with Gasteiger partial charge in [-0.3, -0.25) is 0 Å². The molecule has 3 aromatic rings. The van der Waals surface area contributed by atoms with Crippen molar-refractivity contribution in [3.05, 3.63) is 82.5 Å². The second kappa shape index (κ2) is 6.08. The van der Waals surface area contributed by atoms with Gasteiger partial charge in [-0.25, -0.2) is 0 Å². The number of rotatable bonds is 4. The summed E-state index contributed by atoms with van der Waals surface area (Å²) in [6, 6.07) is 16.8. The first-order valence-electron chi connectivity index (χ1n) is 6.60. The molecule has 1 heterocycles. The minimum atomic E-state index is -0.418. The summed E-state index contributed by atoms with van der Waals surface area (Å²) in [5.74, 6) is 0.979. The summed E-state index contributed by atoms with van der Waals surface area (Å²) in [4.78, 5) is 4.36. The van der Waals surface area contributed by atoms with E-state index in [9.17, 15) is 0 Å². The number of hydrogen-bond acceptors (Lipinski definition) is 4. The zero-order valence-corrected chi connectivity index (χ0v) is 12.0. The number of halogens is 1. The van der Waals surface area contributed by atoms with Gasteiger partial charge in [0, 0.05) is 11.4 Å². The van der Waals surface area contributed by atoms with E-state index in [0.29, 0.717) is 23.2 Å². The molecule has 106 valence electrons. The Morgan fingerprint density at radius 3 is 2.52 bits per heavy atom. The van der Waals surface area contributed by atoms with Crippen LogP contribution in [0.1, 0.15) is 28.9 Å². The zero-order chi connectivity index (χ0) is 14.7. The highest BCUT2D eigenvalue weighted by Crippen LogP contribution is 2.20. The molecular weight excluding hydrogens is 286 g/mol. The van der Waals surface area contributed by atoms with Crippen molar-refractivity contribution >= 4 is 11.6 Å². The maximum atomic E-state index is 6.13. The number of nitrogens with two attached hydrogens (primary N) is 1. The van der Waals surface area contributed by atoms with Gasteiger partial charge >= 0.3 is 0 Å². The molecule has 5 heteroatoms. The van der Waals surface area contributed by atoms with Crippen LogP contribution in [-0.4, -0.2) is 10.1 Å². The van der Waals surface area contributed by atoms with Crippen molar-refractivity contribution < 1.29 is 4.52 Å². The third kappa shape index (κ3) is 3.12. The molecule has 0 saturated carbocycles. The fourth-order valence-electron chi connectivity index (χ4n) is 2.08. The molecule has 0 unspecified atom stereocenters. The molecule has 2 aromatic carbocycles. The Morgan fingerprint density at radius 2 is 1.76 bits per heavy atom. The van der Waals surface area contributed by atoms with Gasteiger partial charge in [-0.05, 0) is 17.2 Å². The van der Waals surface area contributed by atoms with Crippen LogP contribution in [0.15, 0.2) is 59.1 Å². The van der Waals surface area contributed by atoms with E-state index in [1.165, 1.54) is 0 Å². The van der Waals surface area contributed by atoms with Crippen LogP contribution in [-0.2, 0) is 6.42 Å². The second-order valence-corrected chi connectivity index (χ2v) is 5.11. The lowest BCUT2D eigenvalue weighted by Gasteiger charge is -2.05. The number of nitrogens with zero attached hydrogens (tertiary/aromatic N) is 2. The molecule has 0 aliphatic rings. The molecule has 1 atom stereocenters. The van der Waals surface area contributed by atoms with Crippen LogP contribution >= 0.6 is 11.6 Å². The summed E-state index contributed by atoms with van der Waals surface area (Å²) >= 11 is 6.13. The first-order chi connectivity index (χ1) is 10.2. The number of benzene rings is 2. The quantitative estimate of drug-likeness (QED) is 0.802. The van der Waals surface area contributed by atoms with Crippen molar-refractivity contribution in [1.82, 2.24) is 10.1 Å². The smallest absolute Gasteiger partial charge is 0.248 e. The van der Waals surface area contributed by atoms with Gasteiger partial charge in [-0.2, -0.15) is 4.98 Å². The van der Waals surface area contributed by atoms with Gasteiger partial charge in [0.05, 0.1) is 0 Å². The van der Waals surface area contributed by atoms with Crippen LogP contribution in [0.5, 0.6) is 0 Å². The zero-order valence-electron chi connectivity index (χ0n) is 11.2. The number of aromatic nitrogens is 2. The summed E-state index contributed by atoms with van der Waals surface area (Å²) in [6.45, 7) is 0. The van der Waals surface area contributed by atoms with E-state index in [1.807, 2.05) is 54.6 Å². The molecule has 4 nitrogen and oxygen atoms in total. The molecule has 0 saturated heterocycles.